The molecule has 148 valence electrons. The number of aromatic nitrogens is 3. The van der Waals surface area contributed by atoms with Crippen molar-refractivity contribution in [1.29, 1.82) is 0 Å². The van der Waals surface area contributed by atoms with Gasteiger partial charge in [-0.05, 0) is 55.5 Å². The Hall–Kier alpha value is -3.19. The molecule has 0 unspecified atom stereocenters. The fourth-order valence-corrected chi connectivity index (χ4v) is 3.34. The Morgan fingerprint density at radius 2 is 1.69 bits per heavy atom. The van der Waals surface area contributed by atoms with E-state index >= 15 is 0 Å². The average Bonchev–Trinajstić information content (AvgIpc) is 2.75. The molecule has 0 bridgehead atoms. The molecule has 1 aliphatic heterocycles. The van der Waals surface area contributed by atoms with Crippen molar-refractivity contribution in [2.24, 2.45) is 0 Å². The van der Waals surface area contributed by atoms with Gasteiger partial charge in [-0.15, -0.1) is 10.2 Å². The van der Waals surface area contributed by atoms with Crippen LogP contribution in [-0.4, -0.2) is 52.2 Å². The Kier molecular flexibility index (Phi) is 5.57. The molecule has 1 saturated heterocycles. The van der Waals surface area contributed by atoms with Crippen LogP contribution >= 0.6 is 11.6 Å². The van der Waals surface area contributed by atoms with Gasteiger partial charge in [0.05, 0.1) is 0 Å². The monoisotopic (exact) mass is 408 g/mol. The molecule has 0 atom stereocenters. The maximum atomic E-state index is 12.6. The van der Waals surface area contributed by atoms with E-state index in [1.807, 2.05) is 42.2 Å². The summed E-state index contributed by atoms with van der Waals surface area (Å²) >= 11 is 5.90. The second kappa shape index (κ2) is 8.45. The molecule has 3 aromatic rings. The number of benzene rings is 1. The van der Waals surface area contributed by atoms with Crippen LogP contribution in [0.3, 0.4) is 0 Å². The van der Waals surface area contributed by atoms with E-state index in [4.69, 9.17) is 11.6 Å². The number of amides is 1. The lowest BCUT2D eigenvalue weighted by atomic mass is 10.2. The molecule has 7 nitrogen and oxygen atoms in total. The Balaban J connectivity index is 1.34. The van der Waals surface area contributed by atoms with Crippen molar-refractivity contribution in [2.75, 3.05) is 36.4 Å². The van der Waals surface area contributed by atoms with Gasteiger partial charge in [-0.3, -0.25) is 4.79 Å². The number of anilines is 3. The lowest BCUT2D eigenvalue weighted by Crippen LogP contribution is -2.49. The molecule has 0 radical (unpaired) electrons. The van der Waals surface area contributed by atoms with Crippen LogP contribution in [-0.2, 0) is 0 Å². The lowest BCUT2D eigenvalue weighted by molar-refractivity contribution is 0.0746. The summed E-state index contributed by atoms with van der Waals surface area (Å²) in [5.74, 6) is 2.20. The number of halogens is 1. The van der Waals surface area contributed by atoms with Crippen molar-refractivity contribution >= 4 is 35.0 Å². The van der Waals surface area contributed by atoms with Gasteiger partial charge in [0.25, 0.3) is 5.91 Å². The molecule has 1 fully saturated rings. The zero-order chi connectivity index (χ0) is 20.2. The normalized spacial score (nSPS) is 14.0. The molecule has 0 saturated carbocycles. The summed E-state index contributed by atoms with van der Waals surface area (Å²) in [5.41, 5.74) is 1.59. The molecule has 1 N–H and O–H groups in total. The molecule has 3 heterocycles. The summed E-state index contributed by atoms with van der Waals surface area (Å²) < 4.78 is 0. The van der Waals surface area contributed by atoms with E-state index in [9.17, 15) is 4.79 Å². The summed E-state index contributed by atoms with van der Waals surface area (Å²) in [6, 6.07) is 16.6. The average molecular weight is 409 g/mol. The second-order valence-electron chi connectivity index (χ2n) is 6.85. The van der Waals surface area contributed by atoms with E-state index in [0.29, 0.717) is 42.6 Å². The van der Waals surface area contributed by atoms with Crippen LogP contribution in [0.15, 0.2) is 54.6 Å². The zero-order valence-corrected chi connectivity index (χ0v) is 16.8. The summed E-state index contributed by atoms with van der Waals surface area (Å²) in [4.78, 5) is 21.0. The predicted molar refractivity (Wildman–Crippen MR) is 114 cm³/mol. The van der Waals surface area contributed by atoms with Gasteiger partial charge in [-0.2, -0.15) is 0 Å². The minimum absolute atomic E-state index is 0.0256. The first kappa shape index (κ1) is 19.1. The van der Waals surface area contributed by atoms with Gasteiger partial charge in [0.1, 0.15) is 5.82 Å². The highest BCUT2D eigenvalue weighted by Crippen LogP contribution is 2.18. The quantitative estimate of drug-likeness (QED) is 0.711. The Morgan fingerprint density at radius 1 is 0.931 bits per heavy atom. The number of carbonyl (C=O) groups excluding carboxylic acids is 1. The standard InChI is InChI=1S/C21H21ClN6O/c1-15-3-2-4-18(23-15)24-19-9-10-20(26-25-19)27-11-13-28(14-12-27)21(29)16-5-7-17(22)8-6-16/h2-10H,11-14H2,1H3,(H,23,24,25). The zero-order valence-electron chi connectivity index (χ0n) is 16.0. The third-order valence-corrected chi connectivity index (χ3v) is 5.03. The van der Waals surface area contributed by atoms with Gasteiger partial charge in [-0.25, -0.2) is 4.98 Å². The van der Waals surface area contributed by atoms with E-state index in [-0.39, 0.29) is 5.91 Å². The van der Waals surface area contributed by atoms with Gasteiger partial charge >= 0.3 is 0 Å². The first-order chi connectivity index (χ1) is 14.1. The lowest BCUT2D eigenvalue weighted by Gasteiger charge is -2.35. The number of rotatable bonds is 4. The maximum absolute atomic E-state index is 12.6. The topological polar surface area (TPSA) is 74.2 Å². The number of hydrogen-bond donors (Lipinski definition) is 1. The minimum Gasteiger partial charge on any atom is -0.352 e. The van der Waals surface area contributed by atoms with Crippen molar-refractivity contribution in [2.45, 2.75) is 6.92 Å². The smallest absolute Gasteiger partial charge is 0.253 e. The number of nitrogens with zero attached hydrogens (tertiary/aromatic N) is 5. The molecule has 1 aromatic carbocycles. The van der Waals surface area contributed by atoms with Crippen LogP contribution in [0.25, 0.3) is 0 Å². The third kappa shape index (κ3) is 4.63. The summed E-state index contributed by atoms with van der Waals surface area (Å²) in [7, 11) is 0. The highest BCUT2D eigenvalue weighted by atomic mass is 35.5. The van der Waals surface area contributed by atoms with Crippen molar-refractivity contribution < 1.29 is 4.79 Å². The first-order valence-electron chi connectivity index (χ1n) is 9.43. The third-order valence-electron chi connectivity index (χ3n) is 4.78. The van der Waals surface area contributed by atoms with Crippen molar-refractivity contribution in [3.63, 3.8) is 0 Å². The summed E-state index contributed by atoms with van der Waals surface area (Å²) in [5, 5.41) is 12.4. The Morgan fingerprint density at radius 3 is 2.34 bits per heavy atom. The Labute approximate surface area is 174 Å². The molecule has 1 amide bonds. The van der Waals surface area contributed by atoms with Gasteiger partial charge in [0.2, 0.25) is 0 Å². The fourth-order valence-electron chi connectivity index (χ4n) is 3.22. The summed E-state index contributed by atoms with van der Waals surface area (Å²) in [6.07, 6.45) is 0. The molecule has 0 aliphatic carbocycles. The Bertz CT molecular complexity index is 985. The molecule has 29 heavy (non-hydrogen) atoms. The van der Waals surface area contributed by atoms with Gasteiger partial charge < -0.3 is 15.1 Å². The van der Waals surface area contributed by atoms with E-state index < -0.39 is 0 Å². The molecular weight excluding hydrogens is 388 g/mol. The molecular formula is C21H21ClN6O. The van der Waals surface area contributed by atoms with Crippen LogP contribution < -0.4 is 10.2 Å². The molecule has 8 heteroatoms. The number of carbonyl (C=O) groups is 1. The molecule has 0 spiro atoms. The number of aryl methyl sites for hydroxylation is 1. The maximum Gasteiger partial charge on any atom is 0.253 e. The highest BCUT2D eigenvalue weighted by Gasteiger charge is 2.23. The van der Waals surface area contributed by atoms with E-state index in [0.717, 1.165) is 17.3 Å². The van der Waals surface area contributed by atoms with Crippen molar-refractivity contribution in [3.05, 3.63) is 70.9 Å². The summed E-state index contributed by atoms with van der Waals surface area (Å²) in [6.45, 7) is 4.63. The van der Waals surface area contributed by atoms with Crippen LogP contribution in [0.1, 0.15) is 16.1 Å². The number of pyridine rings is 1. The van der Waals surface area contributed by atoms with Gasteiger partial charge in [0.15, 0.2) is 11.6 Å². The van der Waals surface area contributed by atoms with Crippen LogP contribution in [0.5, 0.6) is 0 Å². The molecule has 2 aromatic heterocycles. The van der Waals surface area contributed by atoms with Crippen molar-refractivity contribution in [1.82, 2.24) is 20.1 Å². The number of nitrogens with one attached hydrogen (secondary N) is 1. The van der Waals surface area contributed by atoms with Crippen LogP contribution in [0.4, 0.5) is 17.5 Å². The first-order valence-corrected chi connectivity index (χ1v) is 9.80. The van der Waals surface area contributed by atoms with Gasteiger partial charge in [-0.1, -0.05) is 17.7 Å². The van der Waals surface area contributed by atoms with E-state index in [1.165, 1.54) is 0 Å². The SMILES string of the molecule is Cc1cccc(Nc2ccc(N3CCN(C(=O)c4ccc(Cl)cc4)CC3)nn2)n1. The fraction of sp³-hybridized carbons (Fsp3) is 0.238. The minimum atomic E-state index is 0.0256. The molecule has 4 rings (SSSR count). The highest BCUT2D eigenvalue weighted by molar-refractivity contribution is 6.30. The second-order valence-corrected chi connectivity index (χ2v) is 7.29. The van der Waals surface area contributed by atoms with Crippen LogP contribution in [0.2, 0.25) is 5.02 Å². The van der Waals surface area contributed by atoms with Crippen molar-refractivity contribution in [3.8, 4) is 0 Å². The molecule has 1 aliphatic rings. The number of hydrogen-bond acceptors (Lipinski definition) is 6. The van der Waals surface area contributed by atoms with Gasteiger partial charge in [0, 0.05) is 42.5 Å². The van der Waals surface area contributed by atoms with E-state index in [2.05, 4.69) is 25.4 Å². The largest absolute Gasteiger partial charge is 0.352 e. The van der Waals surface area contributed by atoms with E-state index in [1.54, 1.807) is 24.3 Å². The predicted octanol–water partition coefficient (Wildman–Crippen LogP) is 3.54. The van der Waals surface area contributed by atoms with Crippen LogP contribution in [0, 0.1) is 6.92 Å². The number of piperazine rings is 1.